The summed E-state index contributed by atoms with van der Waals surface area (Å²) in [6.07, 6.45) is 6.88. The Hall–Kier alpha value is -4.12. The minimum Gasteiger partial charge on any atom is -0.442 e. The van der Waals surface area contributed by atoms with Crippen LogP contribution >= 0.6 is 0 Å². The quantitative estimate of drug-likeness (QED) is 0.503. The fraction of sp³-hybridized carbons (Fsp3) is 0.238. The highest BCUT2D eigenvalue weighted by Crippen LogP contribution is 2.40. The third kappa shape index (κ3) is 3.02. The number of amides is 1. The van der Waals surface area contributed by atoms with Gasteiger partial charge < -0.3 is 9.84 Å². The Bertz CT molecular complexity index is 1280. The van der Waals surface area contributed by atoms with Crippen LogP contribution in [0.1, 0.15) is 11.3 Å². The van der Waals surface area contributed by atoms with Crippen LogP contribution in [-0.4, -0.2) is 58.3 Å². The van der Waals surface area contributed by atoms with Gasteiger partial charge in [-0.2, -0.15) is 0 Å². The van der Waals surface area contributed by atoms with Gasteiger partial charge in [0.1, 0.15) is 11.8 Å². The van der Waals surface area contributed by atoms with Crippen LogP contribution in [0.15, 0.2) is 55.1 Å². The Labute approximate surface area is 181 Å². The average molecular weight is 430 g/mol. The van der Waals surface area contributed by atoms with Gasteiger partial charge in [-0.3, -0.25) is 4.90 Å². The van der Waals surface area contributed by atoms with Crippen LogP contribution in [0.5, 0.6) is 0 Å². The molecule has 1 aromatic carbocycles. The maximum Gasteiger partial charge on any atom is 0.415 e. The predicted molar refractivity (Wildman–Crippen MR) is 111 cm³/mol. The van der Waals surface area contributed by atoms with E-state index in [1.807, 2.05) is 24.3 Å². The van der Waals surface area contributed by atoms with Crippen LogP contribution in [0.25, 0.3) is 16.9 Å². The smallest absolute Gasteiger partial charge is 0.415 e. The summed E-state index contributed by atoms with van der Waals surface area (Å²) < 4.78 is 8.80. The van der Waals surface area contributed by atoms with Crippen molar-refractivity contribution in [2.45, 2.75) is 31.7 Å². The number of hydrogen-bond donors (Lipinski definition) is 1. The van der Waals surface area contributed by atoms with Crippen molar-refractivity contribution in [3.05, 3.63) is 66.4 Å². The first kappa shape index (κ1) is 18.6. The van der Waals surface area contributed by atoms with Gasteiger partial charge in [0.05, 0.1) is 37.3 Å². The van der Waals surface area contributed by atoms with Gasteiger partial charge in [-0.15, -0.1) is 10.2 Å². The molecule has 11 heteroatoms. The molecule has 0 saturated carbocycles. The Morgan fingerprint density at radius 2 is 2.06 bits per heavy atom. The molecule has 4 aromatic rings. The van der Waals surface area contributed by atoms with Gasteiger partial charge in [0.15, 0.2) is 5.82 Å². The number of carbonyl (C=O) groups is 1. The number of carbonyl (C=O) groups excluding carboxylic acids is 1. The van der Waals surface area contributed by atoms with E-state index >= 15 is 0 Å². The second kappa shape index (κ2) is 7.24. The van der Waals surface area contributed by atoms with Gasteiger partial charge >= 0.3 is 6.09 Å². The first-order chi connectivity index (χ1) is 15.7. The second-order valence-corrected chi connectivity index (χ2v) is 7.75. The van der Waals surface area contributed by atoms with Gasteiger partial charge in [0.2, 0.25) is 0 Å². The van der Waals surface area contributed by atoms with Crippen molar-refractivity contribution in [2.24, 2.45) is 0 Å². The molecule has 5 heterocycles. The van der Waals surface area contributed by atoms with Crippen molar-refractivity contribution in [1.29, 1.82) is 0 Å². The normalized spacial score (nSPS) is 19.2. The molecule has 1 unspecified atom stereocenters. The SMILES string of the molecule is O=C1OC(Cn2ccnn2)[C@@H]2Cc3cc(-c4ccc(-n5cc(CO)nn5)nc4)ccc3N12. The lowest BCUT2D eigenvalue weighted by molar-refractivity contribution is 0.117. The number of hydrogen-bond acceptors (Lipinski definition) is 8. The number of benzene rings is 1. The highest BCUT2D eigenvalue weighted by Gasteiger charge is 2.47. The van der Waals surface area contributed by atoms with Crippen molar-refractivity contribution in [2.75, 3.05) is 4.90 Å². The van der Waals surface area contributed by atoms with E-state index in [1.165, 1.54) is 4.68 Å². The zero-order valence-electron chi connectivity index (χ0n) is 16.8. The number of nitrogens with zero attached hydrogens (tertiary/aromatic N) is 8. The molecule has 0 bridgehead atoms. The van der Waals surface area contributed by atoms with Gasteiger partial charge in [0, 0.05) is 18.0 Å². The van der Waals surface area contributed by atoms with E-state index in [9.17, 15) is 4.79 Å². The van der Waals surface area contributed by atoms with E-state index in [0.717, 1.165) is 22.4 Å². The largest absolute Gasteiger partial charge is 0.442 e. The van der Waals surface area contributed by atoms with E-state index in [1.54, 1.807) is 34.4 Å². The van der Waals surface area contributed by atoms with Gasteiger partial charge in [-0.25, -0.2) is 19.1 Å². The van der Waals surface area contributed by atoms with E-state index in [2.05, 4.69) is 31.7 Å². The molecule has 3 aromatic heterocycles. The lowest BCUT2D eigenvalue weighted by Gasteiger charge is -2.16. The van der Waals surface area contributed by atoms with Crippen molar-refractivity contribution >= 4 is 11.8 Å². The number of aliphatic hydroxyl groups is 1. The molecule has 2 atom stereocenters. The van der Waals surface area contributed by atoms with Gasteiger partial charge in [0.25, 0.3) is 0 Å². The molecule has 11 nitrogen and oxygen atoms in total. The molecular weight excluding hydrogens is 412 g/mol. The summed E-state index contributed by atoms with van der Waals surface area (Å²) in [5, 5.41) is 24.8. The highest BCUT2D eigenvalue weighted by molar-refractivity contribution is 5.94. The number of fused-ring (bicyclic) bond motifs is 3. The number of aromatic nitrogens is 7. The molecule has 1 N–H and O–H groups in total. The molecule has 1 amide bonds. The summed E-state index contributed by atoms with van der Waals surface area (Å²) in [6, 6.07) is 9.79. The third-order valence-corrected chi connectivity index (χ3v) is 5.84. The van der Waals surface area contributed by atoms with E-state index in [0.29, 0.717) is 24.5 Å². The lowest BCUT2D eigenvalue weighted by atomic mass is 10.0. The summed E-state index contributed by atoms with van der Waals surface area (Å²) in [4.78, 5) is 18.7. The van der Waals surface area contributed by atoms with Crippen molar-refractivity contribution < 1.29 is 14.6 Å². The topological polar surface area (TPSA) is 124 Å². The van der Waals surface area contributed by atoms with Crippen molar-refractivity contribution in [1.82, 2.24) is 35.0 Å². The summed E-state index contributed by atoms with van der Waals surface area (Å²) >= 11 is 0. The molecular formula is C21H18N8O3. The number of ether oxygens (including phenoxy) is 1. The van der Waals surface area contributed by atoms with E-state index < -0.39 is 0 Å². The number of cyclic esters (lactones) is 1. The Morgan fingerprint density at radius 1 is 1.16 bits per heavy atom. The maximum absolute atomic E-state index is 12.5. The first-order valence-corrected chi connectivity index (χ1v) is 10.2. The van der Waals surface area contributed by atoms with Crippen LogP contribution in [0, 0.1) is 0 Å². The van der Waals surface area contributed by atoms with Crippen LogP contribution in [0.2, 0.25) is 0 Å². The van der Waals surface area contributed by atoms with E-state index in [-0.39, 0.29) is 24.8 Å². The van der Waals surface area contributed by atoms with Gasteiger partial charge in [-0.1, -0.05) is 16.5 Å². The predicted octanol–water partition coefficient (Wildman–Crippen LogP) is 1.36. The van der Waals surface area contributed by atoms with Crippen LogP contribution in [0.3, 0.4) is 0 Å². The minimum atomic E-state index is -0.326. The summed E-state index contributed by atoms with van der Waals surface area (Å²) in [5.41, 5.74) is 4.43. The number of aliphatic hydroxyl groups excluding tert-OH is 1. The Morgan fingerprint density at radius 3 is 2.81 bits per heavy atom. The second-order valence-electron chi connectivity index (χ2n) is 7.75. The zero-order valence-corrected chi connectivity index (χ0v) is 16.8. The van der Waals surface area contributed by atoms with E-state index in [4.69, 9.17) is 9.84 Å². The van der Waals surface area contributed by atoms with Gasteiger partial charge in [-0.05, 0) is 41.8 Å². The maximum atomic E-state index is 12.5. The monoisotopic (exact) mass is 430 g/mol. The molecule has 1 saturated heterocycles. The van der Waals surface area contributed by atoms with Crippen molar-refractivity contribution in [3.63, 3.8) is 0 Å². The third-order valence-electron chi connectivity index (χ3n) is 5.84. The van der Waals surface area contributed by atoms with Crippen molar-refractivity contribution in [3.8, 4) is 16.9 Å². The molecule has 6 rings (SSSR count). The standard InChI is InChI=1S/C21H18N8O3/c30-12-16-10-28(26-24-16)20-4-2-14(9-22-20)13-1-3-17-15(7-13)8-18-19(32-21(31)29(17)18)11-27-6-5-23-25-27/h1-7,9-10,18-19,30H,8,11-12H2/t18-,19?/m0/s1. The fourth-order valence-corrected chi connectivity index (χ4v) is 4.30. The number of pyridine rings is 1. The number of anilines is 1. The summed E-state index contributed by atoms with van der Waals surface area (Å²) in [5.74, 6) is 0.612. The zero-order chi connectivity index (χ0) is 21.7. The first-order valence-electron chi connectivity index (χ1n) is 10.2. The van der Waals surface area contributed by atoms with Crippen LogP contribution < -0.4 is 4.90 Å². The highest BCUT2D eigenvalue weighted by atomic mass is 16.6. The molecule has 160 valence electrons. The van der Waals surface area contributed by atoms with Crippen LogP contribution in [0.4, 0.5) is 10.5 Å². The minimum absolute atomic E-state index is 0.0644. The summed E-state index contributed by atoms with van der Waals surface area (Å²) in [7, 11) is 0. The molecule has 32 heavy (non-hydrogen) atoms. The van der Waals surface area contributed by atoms with Crippen LogP contribution in [-0.2, 0) is 24.3 Å². The number of rotatable bonds is 5. The lowest BCUT2D eigenvalue weighted by Crippen LogP contribution is -2.35. The molecule has 0 aliphatic carbocycles. The fourth-order valence-electron chi connectivity index (χ4n) is 4.30. The molecule has 2 aliphatic rings. The Kier molecular flexibility index (Phi) is 4.21. The molecule has 0 spiro atoms. The Balaban J connectivity index is 1.25. The molecule has 0 radical (unpaired) electrons. The molecule has 1 fully saturated rings. The average Bonchev–Trinajstić information content (AvgIpc) is 3.60. The molecule has 2 aliphatic heterocycles. The summed E-state index contributed by atoms with van der Waals surface area (Å²) in [6.45, 7) is 0.303.